The minimum atomic E-state index is -0.878. The molecular formula is C15H19F2NOS. The molecule has 2 atom stereocenters. The average molecular weight is 299 g/mol. The predicted molar refractivity (Wildman–Crippen MR) is 76.6 cm³/mol. The van der Waals surface area contributed by atoms with Gasteiger partial charge in [0.2, 0.25) is 5.91 Å². The predicted octanol–water partition coefficient (Wildman–Crippen LogP) is 3.75. The third-order valence-corrected chi connectivity index (χ3v) is 4.71. The Balaban J connectivity index is 1.81. The molecule has 1 aliphatic rings. The number of carbonyl (C=O) groups excluding carboxylic acids is 1. The lowest BCUT2D eigenvalue weighted by atomic mass is 9.86. The Bertz CT molecular complexity index is 481. The van der Waals surface area contributed by atoms with Crippen LogP contribution in [0.1, 0.15) is 32.6 Å². The average Bonchev–Trinajstić information content (AvgIpc) is 2.43. The maximum absolute atomic E-state index is 13.0. The highest BCUT2D eigenvalue weighted by Gasteiger charge is 2.22. The molecule has 1 fully saturated rings. The fraction of sp³-hybridized carbons (Fsp3) is 0.533. The summed E-state index contributed by atoms with van der Waals surface area (Å²) in [6.07, 6.45) is 4.58. The highest BCUT2D eigenvalue weighted by atomic mass is 32.2. The second-order valence-electron chi connectivity index (χ2n) is 5.30. The van der Waals surface area contributed by atoms with Crippen molar-refractivity contribution in [1.29, 1.82) is 0 Å². The van der Waals surface area contributed by atoms with Crippen LogP contribution in [0, 0.1) is 17.6 Å². The van der Waals surface area contributed by atoms with E-state index in [1.807, 2.05) is 0 Å². The van der Waals surface area contributed by atoms with Crippen molar-refractivity contribution in [3.63, 3.8) is 0 Å². The van der Waals surface area contributed by atoms with Gasteiger partial charge in [-0.2, -0.15) is 0 Å². The van der Waals surface area contributed by atoms with E-state index < -0.39 is 11.6 Å². The maximum Gasteiger partial charge on any atom is 0.230 e. The third-order valence-electron chi connectivity index (χ3n) is 3.72. The van der Waals surface area contributed by atoms with Crippen molar-refractivity contribution >= 4 is 17.7 Å². The zero-order valence-corrected chi connectivity index (χ0v) is 12.3. The number of rotatable bonds is 4. The third kappa shape index (κ3) is 4.20. The number of halogens is 2. The Morgan fingerprint density at radius 1 is 1.30 bits per heavy atom. The van der Waals surface area contributed by atoms with Gasteiger partial charge in [0.25, 0.3) is 0 Å². The molecule has 110 valence electrons. The van der Waals surface area contributed by atoms with Gasteiger partial charge in [0, 0.05) is 10.9 Å². The van der Waals surface area contributed by atoms with Crippen LogP contribution in [0.25, 0.3) is 0 Å². The van der Waals surface area contributed by atoms with Gasteiger partial charge in [-0.05, 0) is 37.0 Å². The molecule has 5 heteroatoms. The summed E-state index contributed by atoms with van der Waals surface area (Å²) in [7, 11) is 0. The summed E-state index contributed by atoms with van der Waals surface area (Å²) in [5, 5.41) is 3.04. The second kappa shape index (κ2) is 7.07. The van der Waals surface area contributed by atoms with Crippen molar-refractivity contribution in [2.24, 2.45) is 5.92 Å². The van der Waals surface area contributed by atoms with Crippen LogP contribution in [-0.2, 0) is 4.79 Å². The number of nitrogens with one attached hydrogen (secondary N) is 1. The van der Waals surface area contributed by atoms with Gasteiger partial charge in [0.05, 0.1) is 5.75 Å². The summed E-state index contributed by atoms with van der Waals surface area (Å²) in [5.74, 6) is -1.04. The van der Waals surface area contributed by atoms with Crippen LogP contribution in [0.2, 0.25) is 0 Å². The van der Waals surface area contributed by atoms with Crippen LogP contribution in [0.15, 0.2) is 23.1 Å². The zero-order chi connectivity index (χ0) is 14.5. The largest absolute Gasteiger partial charge is 0.352 e. The van der Waals surface area contributed by atoms with Crippen LogP contribution in [0.3, 0.4) is 0 Å². The van der Waals surface area contributed by atoms with Crippen LogP contribution in [0.4, 0.5) is 8.78 Å². The minimum absolute atomic E-state index is 0.0431. The van der Waals surface area contributed by atoms with Crippen molar-refractivity contribution in [2.45, 2.75) is 43.5 Å². The van der Waals surface area contributed by atoms with E-state index in [9.17, 15) is 13.6 Å². The lowest BCUT2D eigenvalue weighted by Crippen LogP contribution is -2.41. The molecule has 0 spiro atoms. The second-order valence-corrected chi connectivity index (χ2v) is 6.35. The van der Waals surface area contributed by atoms with E-state index in [1.54, 1.807) is 0 Å². The van der Waals surface area contributed by atoms with Crippen LogP contribution >= 0.6 is 11.8 Å². The number of carbonyl (C=O) groups is 1. The molecule has 0 saturated heterocycles. The van der Waals surface area contributed by atoms with E-state index in [0.717, 1.165) is 31.4 Å². The van der Waals surface area contributed by atoms with Gasteiger partial charge in [-0.3, -0.25) is 4.79 Å². The molecule has 2 nitrogen and oxygen atoms in total. The van der Waals surface area contributed by atoms with E-state index in [1.165, 1.54) is 24.2 Å². The summed E-state index contributed by atoms with van der Waals surface area (Å²) in [5.41, 5.74) is 0. The standard InChI is InChI=1S/C15H19F2NOS/c1-10-4-2-3-5-14(10)18-15(19)9-20-11-6-7-12(16)13(17)8-11/h6-8,10,14H,2-5,9H2,1H3,(H,18,19)/t10-,14-/m1/s1. The Kier molecular flexibility index (Phi) is 5.40. The number of hydrogen-bond donors (Lipinski definition) is 1. The van der Waals surface area contributed by atoms with Crippen LogP contribution in [-0.4, -0.2) is 17.7 Å². The fourth-order valence-corrected chi connectivity index (χ4v) is 3.23. The molecule has 1 saturated carbocycles. The summed E-state index contributed by atoms with van der Waals surface area (Å²) in [6.45, 7) is 2.16. The Labute approximate surface area is 122 Å². The monoisotopic (exact) mass is 299 g/mol. The zero-order valence-electron chi connectivity index (χ0n) is 11.5. The van der Waals surface area contributed by atoms with Crippen LogP contribution < -0.4 is 5.32 Å². The van der Waals surface area contributed by atoms with Crippen molar-refractivity contribution in [1.82, 2.24) is 5.32 Å². The normalized spacial score (nSPS) is 22.6. The molecule has 0 aromatic heterocycles. The van der Waals surface area contributed by atoms with Crippen molar-refractivity contribution < 1.29 is 13.6 Å². The number of benzene rings is 1. The van der Waals surface area contributed by atoms with Gasteiger partial charge in [-0.25, -0.2) is 8.78 Å². The van der Waals surface area contributed by atoms with Crippen molar-refractivity contribution in [3.8, 4) is 0 Å². The highest BCUT2D eigenvalue weighted by molar-refractivity contribution is 8.00. The number of thioether (sulfide) groups is 1. The SMILES string of the molecule is C[C@@H]1CCCC[C@H]1NC(=O)CSc1ccc(F)c(F)c1. The van der Waals surface area contributed by atoms with Gasteiger partial charge in [-0.1, -0.05) is 19.8 Å². The molecule has 1 aromatic carbocycles. The molecule has 0 bridgehead atoms. The van der Waals surface area contributed by atoms with Gasteiger partial charge in [0.15, 0.2) is 11.6 Å². The first kappa shape index (κ1) is 15.3. The summed E-state index contributed by atoms with van der Waals surface area (Å²) in [6, 6.07) is 3.94. The highest BCUT2D eigenvalue weighted by Crippen LogP contribution is 2.24. The molecule has 0 aliphatic heterocycles. The van der Waals surface area contributed by atoms with Crippen molar-refractivity contribution in [3.05, 3.63) is 29.8 Å². The number of hydrogen-bond acceptors (Lipinski definition) is 2. The first-order chi connectivity index (χ1) is 9.56. The fourth-order valence-electron chi connectivity index (χ4n) is 2.49. The van der Waals surface area contributed by atoms with E-state index in [-0.39, 0.29) is 17.7 Å². The smallest absolute Gasteiger partial charge is 0.230 e. The minimum Gasteiger partial charge on any atom is -0.352 e. The van der Waals surface area contributed by atoms with E-state index in [2.05, 4.69) is 12.2 Å². The Morgan fingerprint density at radius 2 is 2.05 bits per heavy atom. The van der Waals surface area contributed by atoms with Gasteiger partial charge in [0.1, 0.15) is 0 Å². The molecule has 0 unspecified atom stereocenters. The maximum atomic E-state index is 13.0. The molecule has 1 aromatic rings. The van der Waals surface area contributed by atoms with Gasteiger partial charge < -0.3 is 5.32 Å². The lowest BCUT2D eigenvalue weighted by Gasteiger charge is -2.29. The van der Waals surface area contributed by atoms with Crippen molar-refractivity contribution in [2.75, 3.05) is 5.75 Å². The first-order valence-electron chi connectivity index (χ1n) is 6.93. The molecule has 0 heterocycles. The van der Waals surface area contributed by atoms with Gasteiger partial charge in [-0.15, -0.1) is 11.8 Å². The molecule has 1 N–H and O–H groups in total. The van der Waals surface area contributed by atoms with E-state index in [4.69, 9.17) is 0 Å². The first-order valence-corrected chi connectivity index (χ1v) is 7.92. The van der Waals surface area contributed by atoms with Crippen LogP contribution in [0.5, 0.6) is 0 Å². The topological polar surface area (TPSA) is 29.1 Å². The molecular weight excluding hydrogens is 280 g/mol. The number of amides is 1. The van der Waals surface area contributed by atoms with Gasteiger partial charge >= 0.3 is 0 Å². The summed E-state index contributed by atoms with van der Waals surface area (Å²) in [4.78, 5) is 12.4. The summed E-state index contributed by atoms with van der Waals surface area (Å²) >= 11 is 1.22. The quantitative estimate of drug-likeness (QED) is 0.858. The molecule has 1 amide bonds. The Hall–Kier alpha value is -1.10. The summed E-state index contributed by atoms with van der Waals surface area (Å²) < 4.78 is 25.8. The molecule has 2 rings (SSSR count). The molecule has 1 aliphatic carbocycles. The Morgan fingerprint density at radius 3 is 2.75 bits per heavy atom. The molecule has 0 radical (unpaired) electrons. The van der Waals surface area contributed by atoms with E-state index in [0.29, 0.717) is 10.8 Å². The van der Waals surface area contributed by atoms with E-state index >= 15 is 0 Å². The molecule has 20 heavy (non-hydrogen) atoms. The lowest BCUT2D eigenvalue weighted by molar-refractivity contribution is -0.119.